The monoisotopic (exact) mass is 188 g/mol. The first kappa shape index (κ1) is 9.01. The third-order valence-electron chi connectivity index (χ3n) is 2.47. The molecule has 1 aromatic rings. The lowest BCUT2D eigenvalue weighted by Gasteiger charge is -2.12. The van der Waals surface area contributed by atoms with Gasteiger partial charge in [-0.3, -0.25) is 0 Å². The molecule has 0 saturated heterocycles. The molecular formula is C11H12N2O. The summed E-state index contributed by atoms with van der Waals surface area (Å²) in [5.74, 6) is 0.488. The molecule has 0 unspecified atom stereocenters. The Morgan fingerprint density at radius 3 is 2.93 bits per heavy atom. The number of hydrogen-bond donors (Lipinski definition) is 0. The highest BCUT2D eigenvalue weighted by Crippen LogP contribution is 2.24. The summed E-state index contributed by atoms with van der Waals surface area (Å²) in [5.41, 5.74) is 0.527. The van der Waals surface area contributed by atoms with E-state index in [1.807, 2.05) is 0 Å². The highest BCUT2D eigenvalue weighted by atomic mass is 16.5. The second-order valence-electron chi connectivity index (χ2n) is 3.49. The van der Waals surface area contributed by atoms with Crippen LogP contribution in [0.3, 0.4) is 0 Å². The van der Waals surface area contributed by atoms with E-state index in [0.717, 1.165) is 12.8 Å². The van der Waals surface area contributed by atoms with Gasteiger partial charge >= 0.3 is 0 Å². The second kappa shape index (κ2) is 4.10. The van der Waals surface area contributed by atoms with E-state index in [1.54, 1.807) is 18.3 Å². The molecule has 0 radical (unpaired) electrons. The van der Waals surface area contributed by atoms with Crippen molar-refractivity contribution in [3.8, 4) is 11.9 Å². The molecule has 1 aliphatic carbocycles. The van der Waals surface area contributed by atoms with Crippen molar-refractivity contribution in [3.05, 3.63) is 23.9 Å². The highest BCUT2D eigenvalue weighted by Gasteiger charge is 2.18. The molecule has 0 bridgehead atoms. The number of rotatable bonds is 2. The summed E-state index contributed by atoms with van der Waals surface area (Å²) in [6.07, 6.45) is 6.53. The van der Waals surface area contributed by atoms with Gasteiger partial charge in [0.2, 0.25) is 5.88 Å². The van der Waals surface area contributed by atoms with E-state index in [-0.39, 0.29) is 6.10 Å². The van der Waals surface area contributed by atoms with Crippen molar-refractivity contribution >= 4 is 0 Å². The third kappa shape index (κ3) is 1.85. The Balaban J connectivity index is 2.11. The first-order chi connectivity index (χ1) is 6.90. The van der Waals surface area contributed by atoms with Gasteiger partial charge in [0.1, 0.15) is 17.7 Å². The Kier molecular flexibility index (Phi) is 2.64. The fourth-order valence-electron chi connectivity index (χ4n) is 1.73. The van der Waals surface area contributed by atoms with E-state index in [0.29, 0.717) is 11.4 Å². The van der Waals surface area contributed by atoms with Gasteiger partial charge in [-0.05, 0) is 37.8 Å². The Morgan fingerprint density at radius 1 is 1.43 bits per heavy atom. The fourth-order valence-corrected chi connectivity index (χ4v) is 1.73. The largest absolute Gasteiger partial charge is 0.473 e. The average Bonchev–Trinajstić information content (AvgIpc) is 2.71. The summed E-state index contributed by atoms with van der Waals surface area (Å²) in [5, 5.41) is 8.82. The van der Waals surface area contributed by atoms with Crippen LogP contribution >= 0.6 is 0 Å². The molecule has 1 aromatic heterocycles. The minimum Gasteiger partial charge on any atom is -0.473 e. The molecule has 3 nitrogen and oxygen atoms in total. The van der Waals surface area contributed by atoms with E-state index in [9.17, 15) is 0 Å². The van der Waals surface area contributed by atoms with Gasteiger partial charge in [0, 0.05) is 6.20 Å². The topological polar surface area (TPSA) is 45.9 Å². The molecular weight excluding hydrogens is 176 g/mol. The van der Waals surface area contributed by atoms with Crippen LogP contribution in [0, 0.1) is 11.3 Å². The second-order valence-corrected chi connectivity index (χ2v) is 3.49. The Morgan fingerprint density at radius 2 is 2.21 bits per heavy atom. The number of hydrogen-bond acceptors (Lipinski definition) is 3. The fraction of sp³-hybridized carbons (Fsp3) is 0.455. The van der Waals surface area contributed by atoms with Gasteiger partial charge in [0.15, 0.2) is 0 Å². The summed E-state index contributed by atoms with van der Waals surface area (Å²) in [6, 6.07) is 5.57. The van der Waals surface area contributed by atoms with Gasteiger partial charge in [0.05, 0.1) is 0 Å². The minimum absolute atomic E-state index is 0.261. The Bertz CT molecular complexity index is 351. The molecule has 2 rings (SSSR count). The van der Waals surface area contributed by atoms with E-state index in [4.69, 9.17) is 10.00 Å². The molecule has 3 heteroatoms. The van der Waals surface area contributed by atoms with Crippen LogP contribution in [0.2, 0.25) is 0 Å². The average molecular weight is 188 g/mol. The highest BCUT2D eigenvalue weighted by molar-refractivity contribution is 5.37. The van der Waals surface area contributed by atoms with Gasteiger partial charge in [-0.25, -0.2) is 4.98 Å². The predicted molar refractivity (Wildman–Crippen MR) is 51.8 cm³/mol. The van der Waals surface area contributed by atoms with Crippen LogP contribution < -0.4 is 4.74 Å². The lowest BCUT2D eigenvalue weighted by atomic mass is 10.3. The quantitative estimate of drug-likeness (QED) is 0.715. The first-order valence-corrected chi connectivity index (χ1v) is 4.92. The smallest absolute Gasteiger partial charge is 0.231 e. The maximum absolute atomic E-state index is 8.82. The number of ether oxygens (including phenoxy) is 1. The molecule has 0 amide bonds. The summed E-state index contributed by atoms with van der Waals surface area (Å²) in [6.45, 7) is 0. The van der Waals surface area contributed by atoms with Gasteiger partial charge in [0.25, 0.3) is 0 Å². The lowest BCUT2D eigenvalue weighted by Crippen LogP contribution is -2.12. The van der Waals surface area contributed by atoms with Crippen LogP contribution in [-0.4, -0.2) is 11.1 Å². The number of nitrogens with zero attached hydrogens (tertiary/aromatic N) is 2. The SMILES string of the molecule is N#Cc1cccnc1OC1CCCC1. The molecule has 14 heavy (non-hydrogen) atoms. The summed E-state index contributed by atoms with van der Waals surface area (Å²) < 4.78 is 5.66. The van der Waals surface area contributed by atoms with Crippen molar-refractivity contribution in [1.29, 1.82) is 5.26 Å². The number of nitriles is 1. The Labute approximate surface area is 83.3 Å². The molecule has 1 aliphatic rings. The van der Waals surface area contributed by atoms with Crippen LogP contribution in [0.4, 0.5) is 0 Å². The minimum atomic E-state index is 0.261. The zero-order chi connectivity index (χ0) is 9.80. The molecule has 0 aromatic carbocycles. The van der Waals surface area contributed by atoms with Crippen LogP contribution in [0.25, 0.3) is 0 Å². The van der Waals surface area contributed by atoms with Crippen LogP contribution in [0.1, 0.15) is 31.2 Å². The first-order valence-electron chi connectivity index (χ1n) is 4.92. The standard InChI is InChI=1S/C11H12N2O/c12-8-9-4-3-7-13-11(9)14-10-5-1-2-6-10/h3-4,7,10H,1-2,5-6H2. The van der Waals surface area contributed by atoms with E-state index >= 15 is 0 Å². The maximum Gasteiger partial charge on any atom is 0.231 e. The number of pyridine rings is 1. The van der Waals surface area contributed by atoms with Crippen LogP contribution in [0.5, 0.6) is 5.88 Å². The van der Waals surface area contributed by atoms with Gasteiger partial charge in [-0.15, -0.1) is 0 Å². The van der Waals surface area contributed by atoms with Gasteiger partial charge in [-0.1, -0.05) is 0 Å². The zero-order valence-electron chi connectivity index (χ0n) is 7.94. The van der Waals surface area contributed by atoms with Gasteiger partial charge < -0.3 is 4.74 Å². The summed E-state index contributed by atoms with van der Waals surface area (Å²) in [7, 11) is 0. The zero-order valence-corrected chi connectivity index (χ0v) is 7.94. The van der Waals surface area contributed by atoms with E-state index < -0.39 is 0 Å². The third-order valence-corrected chi connectivity index (χ3v) is 2.47. The maximum atomic E-state index is 8.82. The molecule has 1 fully saturated rings. The molecule has 1 heterocycles. The van der Waals surface area contributed by atoms with Crippen LogP contribution in [0.15, 0.2) is 18.3 Å². The van der Waals surface area contributed by atoms with E-state index in [2.05, 4.69) is 11.1 Å². The number of aromatic nitrogens is 1. The van der Waals surface area contributed by atoms with Gasteiger partial charge in [-0.2, -0.15) is 5.26 Å². The Hall–Kier alpha value is -1.56. The van der Waals surface area contributed by atoms with E-state index in [1.165, 1.54) is 12.8 Å². The van der Waals surface area contributed by atoms with Crippen molar-refractivity contribution in [2.24, 2.45) is 0 Å². The molecule has 0 aliphatic heterocycles. The molecule has 72 valence electrons. The van der Waals surface area contributed by atoms with Crippen molar-refractivity contribution in [1.82, 2.24) is 4.98 Å². The molecule has 0 N–H and O–H groups in total. The van der Waals surface area contributed by atoms with Crippen molar-refractivity contribution < 1.29 is 4.74 Å². The summed E-state index contributed by atoms with van der Waals surface area (Å²) >= 11 is 0. The van der Waals surface area contributed by atoms with Crippen molar-refractivity contribution in [2.75, 3.05) is 0 Å². The van der Waals surface area contributed by atoms with Crippen LogP contribution in [-0.2, 0) is 0 Å². The predicted octanol–water partition coefficient (Wildman–Crippen LogP) is 2.27. The molecule has 1 saturated carbocycles. The van der Waals surface area contributed by atoms with Crippen molar-refractivity contribution in [2.45, 2.75) is 31.8 Å². The summed E-state index contributed by atoms with van der Waals surface area (Å²) in [4.78, 5) is 4.07. The lowest BCUT2D eigenvalue weighted by molar-refractivity contribution is 0.201. The normalized spacial score (nSPS) is 16.5. The van der Waals surface area contributed by atoms with Crippen molar-refractivity contribution in [3.63, 3.8) is 0 Å². The molecule has 0 spiro atoms. The molecule has 0 atom stereocenters.